The molecule has 0 heterocycles. The molecule has 1 saturated carbocycles. The van der Waals surface area contributed by atoms with Crippen LogP contribution in [0.3, 0.4) is 0 Å². The molecule has 3 rings (SSSR count). The summed E-state index contributed by atoms with van der Waals surface area (Å²) >= 11 is 0. The molecule has 2 aromatic rings. The lowest BCUT2D eigenvalue weighted by Gasteiger charge is -2.12. The van der Waals surface area contributed by atoms with E-state index in [1.807, 2.05) is 30.3 Å². The zero-order valence-electron chi connectivity index (χ0n) is 12.0. The van der Waals surface area contributed by atoms with Gasteiger partial charge in [-0.25, -0.2) is 0 Å². The van der Waals surface area contributed by atoms with Crippen LogP contribution < -0.4 is 10.5 Å². The van der Waals surface area contributed by atoms with Gasteiger partial charge in [-0.3, -0.25) is 0 Å². The van der Waals surface area contributed by atoms with Gasteiger partial charge in [0.25, 0.3) is 0 Å². The summed E-state index contributed by atoms with van der Waals surface area (Å²) in [6, 6.07) is 18.7. The van der Waals surface area contributed by atoms with Gasteiger partial charge in [-0.1, -0.05) is 62.4 Å². The van der Waals surface area contributed by atoms with Gasteiger partial charge in [-0.2, -0.15) is 0 Å². The third-order valence-electron chi connectivity index (χ3n) is 4.40. The standard InChI is InChI=1S/C18H21NO/c1-18(2)16(17(18)19)14-10-6-7-11-15(14)20-12-13-8-4-3-5-9-13/h3-11,16-17H,12,19H2,1-2H3. The Morgan fingerprint density at radius 3 is 2.25 bits per heavy atom. The molecule has 1 aliphatic carbocycles. The molecule has 2 unspecified atom stereocenters. The van der Waals surface area contributed by atoms with Gasteiger partial charge in [0.2, 0.25) is 0 Å². The maximum absolute atomic E-state index is 6.20. The fourth-order valence-electron chi connectivity index (χ4n) is 2.88. The van der Waals surface area contributed by atoms with Crippen LogP contribution in [0.2, 0.25) is 0 Å². The summed E-state index contributed by atoms with van der Waals surface area (Å²) < 4.78 is 6.01. The minimum atomic E-state index is 0.173. The van der Waals surface area contributed by atoms with Crippen molar-refractivity contribution < 1.29 is 4.74 Å². The van der Waals surface area contributed by atoms with Gasteiger partial charge >= 0.3 is 0 Å². The van der Waals surface area contributed by atoms with Crippen molar-refractivity contribution >= 4 is 0 Å². The third-order valence-corrected chi connectivity index (χ3v) is 4.40. The van der Waals surface area contributed by atoms with Crippen molar-refractivity contribution in [2.45, 2.75) is 32.4 Å². The van der Waals surface area contributed by atoms with E-state index in [4.69, 9.17) is 10.5 Å². The largest absolute Gasteiger partial charge is 0.489 e. The van der Waals surface area contributed by atoms with Crippen LogP contribution in [0.25, 0.3) is 0 Å². The predicted octanol–water partition coefficient (Wildman–Crippen LogP) is 3.72. The highest BCUT2D eigenvalue weighted by atomic mass is 16.5. The van der Waals surface area contributed by atoms with Crippen molar-refractivity contribution in [1.82, 2.24) is 0 Å². The molecule has 0 bridgehead atoms. The molecule has 0 aliphatic heterocycles. The predicted molar refractivity (Wildman–Crippen MR) is 81.7 cm³/mol. The molecule has 0 aromatic heterocycles. The Balaban J connectivity index is 1.78. The highest BCUT2D eigenvalue weighted by molar-refractivity contribution is 5.44. The van der Waals surface area contributed by atoms with E-state index in [2.05, 4.69) is 38.1 Å². The number of ether oxygens (including phenoxy) is 1. The van der Waals surface area contributed by atoms with Crippen molar-refractivity contribution in [3.63, 3.8) is 0 Å². The van der Waals surface area contributed by atoms with Gasteiger partial charge in [0, 0.05) is 12.0 Å². The molecule has 20 heavy (non-hydrogen) atoms. The van der Waals surface area contributed by atoms with Crippen LogP contribution in [0, 0.1) is 5.41 Å². The van der Waals surface area contributed by atoms with Crippen LogP contribution >= 0.6 is 0 Å². The van der Waals surface area contributed by atoms with Crippen LogP contribution in [0.5, 0.6) is 5.75 Å². The van der Waals surface area contributed by atoms with Crippen LogP contribution in [0.15, 0.2) is 54.6 Å². The van der Waals surface area contributed by atoms with E-state index in [1.54, 1.807) is 0 Å². The first kappa shape index (κ1) is 13.2. The highest BCUT2D eigenvalue weighted by Gasteiger charge is 2.57. The van der Waals surface area contributed by atoms with Gasteiger partial charge in [-0.05, 0) is 22.6 Å². The van der Waals surface area contributed by atoms with Gasteiger partial charge in [0.05, 0.1) is 0 Å². The number of para-hydroxylation sites is 1. The summed E-state index contributed by atoms with van der Waals surface area (Å²) in [6.07, 6.45) is 0. The van der Waals surface area contributed by atoms with E-state index < -0.39 is 0 Å². The topological polar surface area (TPSA) is 35.2 Å². The monoisotopic (exact) mass is 267 g/mol. The maximum Gasteiger partial charge on any atom is 0.123 e. The van der Waals surface area contributed by atoms with Gasteiger partial charge in [-0.15, -0.1) is 0 Å². The van der Waals surface area contributed by atoms with Gasteiger partial charge in [0.15, 0.2) is 0 Å². The number of nitrogens with two attached hydrogens (primary N) is 1. The third kappa shape index (κ3) is 2.32. The van der Waals surface area contributed by atoms with Crippen LogP contribution in [0.4, 0.5) is 0 Å². The second-order valence-corrected chi connectivity index (χ2v) is 6.14. The Hall–Kier alpha value is -1.80. The van der Waals surface area contributed by atoms with Crippen LogP contribution in [-0.4, -0.2) is 6.04 Å². The summed E-state index contributed by atoms with van der Waals surface area (Å²) in [5.41, 5.74) is 8.79. The summed E-state index contributed by atoms with van der Waals surface area (Å²) in [5.74, 6) is 1.36. The highest BCUT2D eigenvalue weighted by Crippen LogP contribution is 2.59. The average molecular weight is 267 g/mol. The van der Waals surface area contributed by atoms with Crippen molar-refractivity contribution in [3.8, 4) is 5.75 Å². The number of benzene rings is 2. The first-order chi connectivity index (χ1) is 9.60. The van der Waals surface area contributed by atoms with E-state index >= 15 is 0 Å². The molecule has 2 N–H and O–H groups in total. The van der Waals surface area contributed by atoms with Crippen molar-refractivity contribution in [2.24, 2.45) is 11.1 Å². The van der Waals surface area contributed by atoms with Crippen molar-refractivity contribution in [3.05, 3.63) is 65.7 Å². The quantitative estimate of drug-likeness (QED) is 0.916. The smallest absolute Gasteiger partial charge is 0.123 e. The Morgan fingerprint density at radius 2 is 1.60 bits per heavy atom. The van der Waals surface area contributed by atoms with Crippen LogP contribution in [0.1, 0.15) is 30.9 Å². The molecule has 0 spiro atoms. The number of rotatable bonds is 4. The van der Waals surface area contributed by atoms with Gasteiger partial charge < -0.3 is 10.5 Å². The molecule has 2 nitrogen and oxygen atoms in total. The van der Waals surface area contributed by atoms with E-state index in [1.165, 1.54) is 11.1 Å². The molecule has 2 heteroatoms. The Kier molecular flexibility index (Phi) is 3.27. The summed E-state index contributed by atoms with van der Waals surface area (Å²) in [7, 11) is 0. The fourth-order valence-corrected chi connectivity index (χ4v) is 2.88. The lowest BCUT2D eigenvalue weighted by molar-refractivity contribution is 0.302. The number of hydrogen-bond acceptors (Lipinski definition) is 2. The molecule has 0 radical (unpaired) electrons. The molecule has 2 atom stereocenters. The van der Waals surface area contributed by atoms with Crippen LogP contribution in [-0.2, 0) is 6.61 Å². The normalized spacial score (nSPS) is 23.4. The van der Waals surface area contributed by atoms with E-state index in [-0.39, 0.29) is 11.5 Å². The summed E-state index contributed by atoms with van der Waals surface area (Å²) in [6.45, 7) is 5.03. The second kappa shape index (κ2) is 4.95. The molecule has 0 saturated heterocycles. The maximum atomic E-state index is 6.20. The Morgan fingerprint density at radius 1 is 1.00 bits per heavy atom. The average Bonchev–Trinajstić information content (AvgIpc) is 2.96. The molecule has 2 aromatic carbocycles. The molecule has 104 valence electrons. The minimum Gasteiger partial charge on any atom is -0.489 e. The lowest BCUT2D eigenvalue weighted by Crippen LogP contribution is -2.06. The molecule has 1 aliphatic rings. The Labute approximate surface area is 120 Å². The summed E-state index contributed by atoms with van der Waals surface area (Å²) in [5, 5.41) is 0. The zero-order chi connectivity index (χ0) is 14.2. The van der Waals surface area contributed by atoms with Gasteiger partial charge in [0.1, 0.15) is 12.4 Å². The second-order valence-electron chi connectivity index (χ2n) is 6.14. The van der Waals surface area contributed by atoms with E-state index in [0.29, 0.717) is 12.5 Å². The first-order valence-electron chi connectivity index (χ1n) is 7.12. The minimum absolute atomic E-state index is 0.173. The molecular formula is C18H21NO. The SMILES string of the molecule is CC1(C)C(N)C1c1ccccc1OCc1ccccc1. The molecule has 1 fully saturated rings. The first-order valence-corrected chi connectivity index (χ1v) is 7.12. The zero-order valence-corrected chi connectivity index (χ0v) is 12.0. The summed E-state index contributed by atoms with van der Waals surface area (Å²) in [4.78, 5) is 0. The van der Waals surface area contributed by atoms with Crippen molar-refractivity contribution in [1.29, 1.82) is 0 Å². The molecule has 0 amide bonds. The van der Waals surface area contributed by atoms with Crippen molar-refractivity contribution in [2.75, 3.05) is 0 Å². The lowest BCUT2D eigenvalue weighted by atomic mass is 10.0. The molecular weight excluding hydrogens is 246 g/mol. The fraction of sp³-hybridized carbons (Fsp3) is 0.333. The van der Waals surface area contributed by atoms with E-state index in [0.717, 1.165) is 5.75 Å². The number of hydrogen-bond donors (Lipinski definition) is 1. The Bertz CT molecular complexity index is 591. The van der Waals surface area contributed by atoms with E-state index in [9.17, 15) is 0 Å².